The maximum Gasteiger partial charge on any atom is 0.199 e. The summed E-state index contributed by atoms with van der Waals surface area (Å²) in [6.45, 7) is 8.07. The average molecular weight is 358 g/mol. The van der Waals surface area contributed by atoms with E-state index in [0.29, 0.717) is 18.1 Å². The normalized spacial score (nSPS) is 15.6. The molecular formula is C16H22N8O2. The largest absolute Gasteiger partial charge is 0.381 e. The first kappa shape index (κ1) is 16.7. The highest BCUT2D eigenvalue weighted by Crippen LogP contribution is 2.30. The number of ether oxygens (including phenoxy) is 1. The van der Waals surface area contributed by atoms with Crippen molar-refractivity contribution in [2.75, 3.05) is 50.4 Å². The summed E-state index contributed by atoms with van der Waals surface area (Å²) in [5.41, 5.74) is 8.99. The number of imidazole rings is 1. The Morgan fingerprint density at radius 3 is 2.81 bits per heavy atom. The minimum Gasteiger partial charge on any atom is -0.381 e. The summed E-state index contributed by atoms with van der Waals surface area (Å²) in [4.78, 5) is 11.3. The van der Waals surface area contributed by atoms with Crippen molar-refractivity contribution in [3.05, 3.63) is 12.4 Å². The van der Waals surface area contributed by atoms with Crippen LogP contribution in [0.2, 0.25) is 0 Å². The van der Waals surface area contributed by atoms with Crippen molar-refractivity contribution in [2.45, 2.75) is 13.5 Å². The number of anilines is 2. The maximum absolute atomic E-state index is 5.85. The molecule has 0 radical (unpaired) electrons. The van der Waals surface area contributed by atoms with Crippen LogP contribution < -0.4 is 11.1 Å². The van der Waals surface area contributed by atoms with Crippen LogP contribution >= 0.6 is 0 Å². The lowest BCUT2D eigenvalue weighted by Crippen LogP contribution is -2.39. The molecule has 10 heteroatoms. The summed E-state index contributed by atoms with van der Waals surface area (Å²) >= 11 is 0. The number of nitrogens with two attached hydrogens (primary N) is 1. The molecule has 0 unspecified atom stereocenters. The number of rotatable bonds is 6. The van der Waals surface area contributed by atoms with Crippen molar-refractivity contribution in [1.29, 1.82) is 0 Å². The van der Waals surface area contributed by atoms with Gasteiger partial charge in [-0.25, -0.2) is 9.61 Å². The van der Waals surface area contributed by atoms with E-state index in [2.05, 4.69) is 30.5 Å². The molecule has 3 N–H and O–H groups in total. The van der Waals surface area contributed by atoms with Crippen molar-refractivity contribution in [1.82, 2.24) is 29.7 Å². The number of pyridine rings is 1. The molecule has 1 saturated heterocycles. The van der Waals surface area contributed by atoms with Gasteiger partial charge in [-0.2, -0.15) is 0 Å². The summed E-state index contributed by atoms with van der Waals surface area (Å²) in [5.74, 6) is 0.857. The van der Waals surface area contributed by atoms with E-state index in [4.69, 9.17) is 15.1 Å². The highest BCUT2D eigenvalue weighted by Gasteiger charge is 2.20. The Kier molecular flexibility index (Phi) is 4.67. The molecule has 0 aliphatic carbocycles. The van der Waals surface area contributed by atoms with Crippen molar-refractivity contribution in [3.8, 4) is 11.5 Å². The van der Waals surface area contributed by atoms with E-state index in [1.54, 1.807) is 6.20 Å². The zero-order valence-corrected chi connectivity index (χ0v) is 14.7. The van der Waals surface area contributed by atoms with E-state index >= 15 is 0 Å². The first-order valence-electron chi connectivity index (χ1n) is 8.74. The Hall–Kier alpha value is -2.72. The molecule has 3 aromatic rings. The minimum absolute atomic E-state index is 0.227. The molecule has 0 spiro atoms. The third-order valence-corrected chi connectivity index (χ3v) is 4.54. The third-order valence-electron chi connectivity index (χ3n) is 4.54. The van der Waals surface area contributed by atoms with Crippen LogP contribution in [0.1, 0.15) is 6.92 Å². The van der Waals surface area contributed by atoms with Gasteiger partial charge in [0.1, 0.15) is 5.52 Å². The second-order valence-corrected chi connectivity index (χ2v) is 6.11. The predicted octanol–water partition coefficient (Wildman–Crippen LogP) is 0.828. The quantitative estimate of drug-likeness (QED) is 0.660. The van der Waals surface area contributed by atoms with E-state index in [1.807, 2.05) is 17.7 Å². The number of nitrogen functional groups attached to an aromatic ring is 1. The molecule has 0 atom stereocenters. The Labute approximate surface area is 150 Å². The third kappa shape index (κ3) is 3.08. The van der Waals surface area contributed by atoms with Crippen molar-refractivity contribution in [2.24, 2.45) is 0 Å². The SMILES string of the molecule is CCn1c(-c2nonc2N)nc2cncc(NCCN3CCOCC3)c21. The molecule has 10 nitrogen and oxygen atoms in total. The molecule has 0 bridgehead atoms. The van der Waals surface area contributed by atoms with Gasteiger partial charge < -0.3 is 20.4 Å². The van der Waals surface area contributed by atoms with E-state index in [0.717, 1.165) is 56.1 Å². The number of aromatic nitrogens is 5. The van der Waals surface area contributed by atoms with Crippen molar-refractivity contribution >= 4 is 22.5 Å². The molecule has 0 saturated carbocycles. The lowest BCUT2D eigenvalue weighted by atomic mass is 10.3. The van der Waals surface area contributed by atoms with Gasteiger partial charge in [-0.1, -0.05) is 0 Å². The van der Waals surface area contributed by atoms with Crippen LogP contribution in [-0.4, -0.2) is 69.1 Å². The van der Waals surface area contributed by atoms with Crippen LogP contribution in [0.5, 0.6) is 0 Å². The van der Waals surface area contributed by atoms with E-state index < -0.39 is 0 Å². The minimum atomic E-state index is 0.227. The number of hydrogen-bond acceptors (Lipinski definition) is 9. The molecule has 0 amide bonds. The number of hydrogen-bond donors (Lipinski definition) is 2. The van der Waals surface area contributed by atoms with Gasteiger partial charge in [0.05, 0.1) is 36.8 Å². The Balaban J connectivity index is 1.61. The lowest BCUT2D eigenvalue weighted by Gasteiger charge is -2.26. The highest BCUT2D eigenvalue weighted by molar-refractivity contribution is 5.90. The van der Waals surface area contributed by atoms with Crippen LogP contribution in [-0.2, 0) is 11.3 Å². The summed E-state index contributed by atoms with van der Waals surface area (Å²) < 4.78 is 12.2. The second kappa shape index (κ2) is 7.26. The average Bonchev–Trinajstić information content (AvgIpc) is 3.25. The first-order chi connectivity index (χ1) is 12.8. The lowest BCUT2D eigenvalue weighted by molar-refractivity contribution is 0.0398. The monoisotopic (exact) mass is 358 g/mol. The first-order valence-corrected chi connectivity index (χ1v) is 8.74. The molecule has 4 rings (SSSR count). The van der Waals surface area contributed by atoms with E-state index in [-0.39, 0.29) is 5.82 Å². The number of fused-ring (bicyclic) bond motifs is 1. The molecule has 1 aliphatic heterocycles. The molecule has 3 aromatic heterocycles. The smallest absolute Gasteiger partial charge is 0.199 e. The maximum atomic E-state index is 5.85. The molecule has 1 fully saturated rings. The van der Waals surface area contributed by atoms with Gasteiger partial charge in [0.25, 0.3) is 0 Å². The Bertz CT molecular complexity index is 884. The van der Waals surface area contributed by atoms with Crippen LogP contribution in [0.15, 0.2) is 17.0 Å². The van der Waals surface area contributed by atoms with Crippen LogP contribution in [0, 0.1) is 0 Å². The standard InChI is InChI=1S/C16H22N8O2/c1-2-24-14-11(19-3-4-23-5-7-25-8-6-23)9-18-10-12(14)20-16(24)13-15(17)22-26-21-13/h9-10,19H,2-8H2,1H3,(H2,17,22). The molecule has 138 valence electrons. The number of morpholine rings is 1. The van der Waals surface area contributed by atoms with E-state index in [1.165, 1.54) is 0 Å². The van der Waals surface area contributed by atoms with Crippen molar-refractivity contribution < 1.29 is 9.37 Å². The fourth-order valence-corrected chi connectivity index (χ4v) is 3.23. The predicted molar refractivity (Wildman–Crippen MR) is 96.7 cm³/mol. The van der Waals surface area contributed by atoms with Gasteiger partial charge in [-0.15, -0.1) is 0 Å². The zero-order valence-electron chi connectivity index (χ0n) is 14.7. The summed E-state index contributed by atoms with van der Waals surface area (Å²) in [5, 5.41) is 11.0. The fraction of sp³-hybridized carbons (Fsp3) is 0.500. The number of nitrogens with zero attached hydrogens (tertiary/aromatic N) is 6. The topological polar surface area (TPSA) is 120 Å². The van der Waals surface area contributed by atoms with Gasteiger partial charge in [-0.3, -0.25) is 9.88 Å². The summed E-state index contributed by atoms with van der Waals surface area (Å²) in [6.07, 6.45) is 3.56. The molecule has 0 aromatic carbocycles. The van der Waals surface area contributed by atoms with Crippen LogP contribution in [0.3, 0.4) is 0 Å². The zero-order chi connectivity index (χ0) is 17.9. The molecule has 4 heterocycles. The molecule has 26 heavy (non-hydrogen) atoms. The van der Waals surface area contributed by atoms with Crippen LogP contribution in [0.25, 0.3) is 22.6 Å². The van der Waals surface area contributed by atoms with E-state index in [9.17, 15) is 0 Å². The number of nitrogens with one attached hydrogen (secondary N) is 1. The Morgan fingerprint density at radius 2 is 2.08 bits per heavy atom. The highest BCUT2D eigenvalue weighted by atomic mass is 16.6. The van der Waals surface area contributed by atoms with Gasteiger partial charge >= 0.3 is 0 Å². The summed E-state index contributed by atoms with van der Waals surface area (Å²) in [6, 6.07) is 0. The van der Waals surface area contributed by atoms with Crippen LogP contribution in [0.4, 0.5) is 11.5 Å². The summed E-state index contributed by atoms with van der Waals surface area (Å²) in [7, 11) is 0. The molecular weight excluding hydrogens is 336 g/mol. The van der Waals surface area contributed by atoms with Gasteiger partial charge in [0, 0.05) is 32.7 Å². The number of aryl methyl sites for hydroxylation is 1. The van der Waals surface area contributed by atoms with Gasteiger partial charge in [-0.05, 0) is 17.2 Å². The Morgan fingerprint density at radius 1 is 1.23 bits per heavy atom. The van der Waals surface area contributed by atoms with Gasteiger partial charge in [0.15, 0.2) is 17.3 Å². The van der Waals surface area contributed by atoms with Gasteiger partial charge in [0.2, 0.25) is 0 Å². The van der Waals surface area contributed by atoms with Crippen molar-refractivity contribution in [3.63, 3.8) is 0 Å². The second-order valence-electron chi connectivity index (χ2n) is 6.11. The fourth-order valence-electron chi connectivity index (χ4n) is 3.23. The molecule has 1 aliphatic rings.